The highest BCUT2D eigenvalue weighted by atomic mass is 35.5. The molecule has 0 fully saturated rings. The van der Waals surface area contributed by atoms with Gasteiger partial charge in [-0.15, -0.1) is 0 Å². The number of ether oxygens (including phenoxy) is 1. The first kappa shape index (κ1) is 22.5. The Morgan fingerprint density at radius 3 is 2.25 bits per heavy atom. The maximum absolute atomic E-state index is 13.7. The molecular weight excluding hydrogens is 488 g/mol. The van der Waals surface area contributed by atoms with Gasteiger partial charge in [0, 0.05) is 11.1 Å². The van der Waals surface area contributed by atoms with Gasteiger partial charge in [-0.3, -0.25) is 4.79 Å². The van der Waals surface area contributed by atoms with Crippen molar-refractivity contribution < 1.29 is 22.3 Å². The Kier molecular flexibility index (Phi) is 6.12. The number of alkyl halides is 3. The Bertz CT molecular complexity index is 1360. The lowest BCUT2D eigenvalue weighted by atomic mass is 10.0. The third-order valence-corrected chi connectivity index (χ3v) is 5.63. The molecule has 164 valence electrons. The molecule has 0 bridgehead atoms. The summed E-state index contributed by atoms with van der Waals surface area (Å²) in [5.74, 6) is -1.17. The normalized spacial score (nSPS) is 11.7. The molecule has 4 aromatic rings. The van der Waals surface area contributed by atoms with Crippen LogP contribution in [-0.2, 0) is 12.8 Å². The quantitative estimate of drug-likeness (QED) is 0.285. The van der Waals surface area contributed by atoms with E-state index < -0.39 is 22.9 Å². The topological polar surface area (TPSA) is 39.4 Å². The summed E-state index contributed by atoms with van der Waals surface area (Å²) in [5.41, 5.74) is -0.873. The van der Waals surface area contributed by atoms with Gasteiger partial charge in [-0.25, -0.2) is 0 Å². The van der Waals surface area contributed by atoms with Crippen molar-refractivity contribution in [3.63, 3.8) is 0 Å². The maximum atomic E-state index is 13.7. The van der Waals surface area contributed by atoms with Gasteiger partial charge in [0.25, 0.3) is 0 Å². The predicted molar refractivity (Wildman–Crippen MR) is 119 cm³/mol. The van der Waals surface area contributed by atoms with Gasteiger partial charge in [-0.05, 0) is 47.5 Å². The Morgan fingerprint density at radius 1 is 0.875 bits per heavy atom. The van der Waals surface area contributed by atoms with E-state index in [1.54, 1.807) is 18.2 Å². The molecule has 0 aliphatic rings. The van der Waals surface area contributed by atoms with Gasteiger partial charge < -0.3 is 9.15 Å². The fourth-order valence-corrected chi connectivity index (χ4v) is 3.58. The van der Waals surface area contributed by atoms with Crippen LogP contribution in [0.1, 0.15) is 11.3 Å². The first-order chi connectivity index (χ1) is 15.1. The molecule has 0 saturated heterocycles. The predicted octanol–water partition coefficient (Wildman–Crippen LogP) is 8.02. The van der Waals surface area contributed by atoms with E-state index in [1.807, 2.05) is 0 Å². The fraction of sp³-hybridized carbons (Fsp3) is 0.0870. The molecule has 1 aromatic heterocycles. The van der Waals surface area contributed by atoms with Crippen LogP contribution >= 0.6 is 34.8 Å². The van der Waals surface area contributed by atoms with Crippen molar-refractivity contribution in [2.75, 3.05) is 0 Å². The van der Waals surface area contributed by atoms with Crippen molar-refractivity contribution in [3.8, 4) is 16.9 Å². The number of hydrogen-bond acceptors (Lipinski definition) is 3. The van der Waals surface area contributed by atoms with E-state index in [4.69, 9.17) is 44.0 Å². The van der Waals surface area contributed by atoms with Crippen LogP contribution in [0.3, 0.4) is 0 Å². The Hall–Kier alpha value is -2.67. The van der Waals surface area contributed by atoms with Gasteiger partial charge in [-0.2, -0.15) is 13.2 Å². The first-order valence-corrected chi connectivity index (χ1v) is 10.3. The van der Waals surface area contributed by atoms with Crippen LogP contribution < -0.4 is 10.2 Å². The van der Waals surface area contributed by atoms with Gasteiger partial charge in [0.1, 0.15) is 17.9 Å². The van der Waals surface area contributed by atoms with Crippen LogP contribution in [0.2, 0.25) is 15.1 Å². The van der Waals surface area contributed by atoms with Crippen molar-refractivity contribution in [1.82, 2.24) is 0 Å². The molecule has 0 saturated carbocycles. The van der Waals surface area contributed by atoms with Crippen LogP contribution in [0.4, 0.5) is 13.2 Å². The van der Waals surface area contributed by atoms with Crippen molar-refractivity contribution in [1.29, 1.82) is 0 Å². The molecule has 9 heteroatoms. The minimum Gasteiger partial charge on any atom is -0.489 e. The Labute approximate surface area is 194 Å². The minimum atomic E-state index is -4.89. The van der Waals surface area contributed by atoms with Crippen LogP contribution in [0.15, 0.2) is 69.9 Å². The highest BCUT2D eigenvalue weighted by molar-refractivity contribution is 6.42. The zero-order valence-corrected chi connectivity index (χ0v) is 18.2. The average Bonchev–Trinajstić information content (AvgIpc) is 2.74. The molecule has 4 rings (SSSR count). The lowest BCUT2D eigenvalue weighted by molar-refractivity contribution is -0.152. The lowest BCUT2D eigenvalue weighted by Gasteiger charge is -2.13. The van der Waals surface area contributed by atoms with Crippen molar-refractivity contribution in [2.45, 2.75) is 12.8 Å². The summed E-state index contributed by atoms with van der Waals surface area (Å²) in [5, 5.41) is 1.06. The van der Waals surface area contributed by atoms with E-state index in [0.717, 1.165) is 0 Å². The second-order valence-corrected chi connectivity index (χ2v) is 8.09. The lowest BCUT2D eigenvalue weighted by Crippen LogP contribution is -2.16. The van der Waals surface area contributed by atoms with E-state index in [-0.39, 0.29) is 28.9 Å². The second-order valence-electron chi connectivity index (χ2n) is 6.84. The number of halogens is 6. The zero-order chi connectivity index (χ0) is 23.0. The van der Waals surface area contributed by atoms with E-state index in [9.17, 15) is 18.0 Å². The SMILES string of the molecule is O=c1c(-c2ccc(Cl)cc2)c(C(F)(F)F)oc2cc(OCc3ccc(Cl)c(Cl)c3)ccc12. The summed E-state index contributed by atoms with van der Waals surface area (Å²) in [4.78, 5) is 13.0. The number of fused-ring (bicyclic) bond motifs is 1. The van der Waals surface area contributed by atoms with E-state index in [0.29, 0.717) is 20.6 Å². The molecule has 3 nitrogen and oxygen atoms in total. The molecule has 32 heavy (non-hydrogen) atoms. The molecule has 0 spiro atoms. The monoisotopic (exact) mass is 498 g/mol. The average molecular weight is 500 g/mol. The molecule has 0 atom stereocenters. The molecule has 3 aromatic carbocycles. The summed E-state index contributed by atoms with van der Waals surface area (Å²) in [7, 11) is 0. The van der Waals surface area contributed by atoms with Crippen LogP contribution in [0.25, 0.3) is 22.1 Å². The molecule has 0 radical (unpaired) electrons. The fourth-order valence-electron chi connectivity index (χ4n) is 3.14. The summed E-state index contributed by atoms with van der Waals surface area (Å²) in [6, 6.07) is 14.5. The van der Waals surface area contributed by atoms with Gasteiger partial charge in [0.2, 0.25) is 11.2 Å². The Balaban J connectivity index is 1.76. The summed E-state index contributed by atoms with van der Waals surface area (Å²) < 4.78 is 52.0. The zero-order valence-electron chi connectivity index (χ0n) is 16.0. The Morgan fingerprint density at radius 2 is 1.59 bits per heavy atom. The maximum Gasteiger partial charge on any atom is 0.450 e. The highest BCUT2D eigenvalue weighted by Crippen LogP contribution is 2.38. The van der Waals surface area contributed by atoms with Crippen LogP contribution in [0, 0.1) is 0 Å². The van der Waals surface area contributed by atoms with Gasteiger partial charge in [0.05, 0.1) is 21.0 Å². The molecule has 0 N–H and O–H groups in total. The van der Waals surface area contributed by atoms with Gasteiger partial charge in [-0.1, -0.05) is 53.0 Å². The smallest absolute Gasteiger partial charge is 0.450 e. The highest BCUT2D eigenvalue weighted by Gasteiger charge is 2.39. The standard InChI is InChI=1S/C23H12Cl3F3O3/c24-14-4-2-13(3-5-14)20-21(30)16-7-6-15(10-19(16)32-22(20)23(27,28)29)31-11-12-1-8-17(25)18(26)9-12/h1-10H,11H2. The van der Waals surface area contributed by atoms with Crippen molar-refractivity contribution >= 4 is 45.8 Å². The third-order valence-electron chi connectivity index (χ3n) is 4.64. The first-order valence-electron chi connectivity index (χ1n) is 9.14. The van der Waals surface area contributed by atoms with E-state index >= 15 is 0 Å². The van der Waals surface area contributed by atoms with E-state index in [1.165, 1.54) is 42.5 Å². The molecule has 1 heterocycles. The minimum absolute atomic E-state index is 0.00941. The largest absolute Gasteiger partial charge is 0.489 e. The van der Waals surface area contributed by atoms with Gasteiger partial charge in [0.15, 0.2) is 0 Å². The molecular formula is C23H12Cl3F3O3. The summed E-state index contributed by atoms with van der Waals surface area (Å²) >= 11 is 17.7. The third kappa shape index (κ3) is 4.58. The number of rotatable bonds is 4. The van der Waals surface area contributed by atoms with Crippen LogP contribution in [-0.4, -0.2) is 0 Å². The molecule has 0 amide bonds. The van der Waals surface area contributed by atoms with E-state index in [2.05, 4.69) is 0 Å². The second kappa shape index (κ2) is 8.70. The van der Waals surface area contributed by atoms with Gasteiger partial charge >= 0.3 is 6.18 Å². The molecule has 0 aliphatic heterocycles. The van der Waals surface area contributed by atoms with Crippen LogP contribution in [0.5, 0.6) is 5.75 Å². The molecule has 0 aliphatic carbocycles. The summed E-state index contributed by atoms with van der Waals surface area (Å²) in [6.07, 6.45) is -4.89. The number of benzene rings is 3. The van der Waals surface area contributed by atoms with Crippen molar-refractivity contribution in [3.05, 3.63) is 97.3 Å². The summed E-state index contributed by atoms with van der Waals surface area (Å²) in [6.45, 7) is 0.0849. The number of hydrogen-bond donors (Lipinski definition) is 0. The molecule has 0 unspecified atom stereocenters. The van der Waals surface area contributed by atoms with Crippen molar-refractivity contribution in [2.24, 2.45) is 0 Å².